The van der Waals surface area contributed by atoms with E-state index in [1.807, 2.05) is 0 Å². The van der Waals surface area contributed by atoms with Crippen molar-refractivity contribution in [2.45, 2.75) is 68.2 Å². The Balaban J connectivity index is 3.36. The third-order valence-corrected chi connectivity index (χ3v) is 3.78. The van der Waals surface area contributed by atoms with E-state index in [0.29, 0.717) is 5.92 Å². The summed E-state index contributed by atoms with van der Waals surface area (Å²) in [4.78, 5) is 0. The van der Waals surface area contributed by atoms with Crippen LogP contribution in [0.5, 0.6) is 0 Å². The molecule has 98 valence electrons. The van der Waals surface area contributed by atoms with E-state index in [9.17, 15) is 0 Å². The molecule has 0 fully saturated rings. The van der Waals surface area contributed by atoms with Crippen LogP contribution in [-0.2, 0) is 0 Å². The molecule has 0 aromatic rings. The first kappa shape index (κ1) is 14.5. The van der Waals surface area contributed by atoms with E-state index >= 15 is 0 Å². The summed E-state index contributed by atoms with van der Waals surface area (Å²) in [5.41, 5.74) is 5.46. The molecule has 0 aromatic heterocycles. The second-order valence-electron chi connectivity index (χ2n) is 7.35. The Bertz CT molecular complexity index is 339. The van der Waals surface area contributed by atoms with Crippen LogP contribution in [0.25, 0.3) is 0 Å². The molecule has 0 spiro atoms. The van der Waals surface area contributed by atoms with Crippen molar-refractivity contribution in [2.24, 2.45) is 16.7 Å². The summed E-state index contributed by atoms with van der Waals surface area (Å²) < 4.78 is 0. The Morgan fingerprint density at radius 3 is 1.76 bits per heavy atom. The molecule has 0 saturated heterocycles. The van der Waals surface area contributed by atoms with Gasteiger partial charge in [-0.25, -0.2) is 0 Å². The van der Waals surface area contributed by atoms with Crippen molar-refractivity contribution in [2.75, 3.05) is 0 Å². The van der Waals surface area contributed by atoms with Gasteiger partial charge < -0.3 is 0 Å². The predicted molar refractivity (Wildman–Crippen MR) is 78.1 cm³/mol. The molecular formula is C17H30. The van der Waals surface area contributed by atoms with Gasteiger partial charge in [-0.15, -0.1) is 0 Å². The normalized spacial score (nSPS) is 22.1. The van der Waals surface area contributed by atoms with Crippen LogP contribution in [-0.4, -0.2) is 0 Å². The van der Waals surface area contributed by atoms with E-state index in [0.717, 1.165) is 0 Å². The summed E-state index contributed by atoms with van der Waals surface area (Å²) in [6, 6.07) is 0. The SMILES string of the molecule is CCC1=C(C(C)(C)C)C(C(C)(C)C)=CC1CC. The minimum absolute atomic E-state index is 0.271. The van der Waals surface area contributed by atoms with Crippen molar-refractivity contribution < 1.29 is 0 Å². The third kappa shape index (κ3) is 2.84. The van der Waals surface area contributed by atoms with Crippen molar-refractivity contribution in [3.05, 3.63) is 22.8 Å². The average Bonchev–Trinajstić information content (AvgIpc) is 2.54. The highest BCUT2D eigenvalue weighted by atomic mass is 14.4. The minimum atomic E-state index is 0.271. The zero-order valence-corrected chi connectivity index (χ0v) is 13.1. The van der Waals surface area contributed by atoms with E-state index in [1.54, 1.807) is 16.7 Å². The molecule has 0 amide bonds. The van der Waals surface area contributed by atoms with Crippen molar-refractivity contribution >= 4 is 0 Å². The Hall–Kier alpha value is -0.520. The van der Waals surface area contributed by atoms with Crippen LogP contribution < -0.4 is 0 Å². The molecule has 0 heterocycles. The van der Waals surface area contributed by atoms with Crippen LogP contribution in [0.2, 0.25) is 0 Å². The lowest BCUT2D eigenvalue weighted by molar-refractivity contribution is 0.445. The highest BCUT2D eigenvalue weighted by Crippen LogP contribution is 2.49. The Kier molecular flexibility index (Phi) is 3.96. The molecule has 1 aliphatic rings. The average molecular weight is 234 g/mol. The van der Waals surface area contributed by atoms with E-state index in [1.165, 1.54) is 12.8 Å². The van der Waals surface area contributed by atoms with Gasteiger partial charge in [-0.3, -0.25) is 0 Å². The van der Waals surface area contributed by atoms with Gasteiger partial charge in [-0.1, -0.05) is 67.0 Å². The molecule has 1 rings (SSSR count). The van der Waals surface area contributed by atoms with Gasteiger partial charge in [0.05, 0.1) is 0 Å². The Morgan fingerprint density at radius 2 is 1.47 bits per heavy atom. The molecular weight excluding hydrogens is 204 g/mol. The first-order valence-electron chi connectivity index (χ1n) is 7.09. The number of rotatable bonds is 2. The maximum Gasteiger partial charge on any atom is -0.00137 e. The van der Waals surface area contributed by atoms with Crippen LogP contribution in [0.4, 0.5) is 0 Å². The van der Waals surface area contributed by atoms with E-state index in [-0.39, 0.29) is 10.8 Å². The summed E-state index contributed by atoms with van der Waals surface area (Å²) in [6.07, 6.45) is 4.98. The van der Waals surface area contributed by atoms with Crippen molar-refractivity contribution in [3.63, 3.8) is 0 Å². The summed E-state index contributed by atoms with van der Waals surface area (Å²) >= 11 is 0. The topological polar surface area (TPSA) is 0 Å². The van der Waals surface area contributed by atoms with Crippen LogP contribution in [0.3, 0.4) is 0 Å². The molecule has 1 aliphatic carbocycles. The van der Waals surface area contributed by atoms with E-state index < -0.39 is 0 Å². The molecule has 0 N–H and O–H groups in total. The van der Waals surface area contributed by atoms with E-state index in [4.69, 9.17) is 0 Å². The summed E-state index contributed by atoms with van der Waals surface area (Å²) in [5.74, 6) is 0.684. The molecule has 0 aliphatic heterocycles. The zero-order chi connectivity index (χ0) is 13.4. The lowest BCUT2D eigenvalue weighted by Crippen LogP contribution is -2.19. The summed E-state index contributed by atoms with van der Waals surface area (Å²) in [6.45, 7) is 18.7. The second kappa shape index (κ2) is 4.63. The highest BCUT2D eigenvalue weighted by Gasteiger charge is 2.35. The molecule has 1 unspecified atom stereocenters. The molecule has 1 atom stereocenters. The van der Waals surface area contributed by atoms with Gasteiger partial charge in [-0.05, 0) is 40.7 Å². The second-order valence-corrected chi connectivity index (χ2v) is 7.35. The fourth-order valence-corrected chi connectivity index (χ4v) is 3.06. The Labute approximate surface area is 108 Å². The van der Waals surface area contributed by atoms with Crippen LogP contribution in [0.15, 0.2) is 22.8 Å². The maximum atomic E-state index is 2.54. The quantitative estimate of drug-likeness (QED) is 0.570. The molecule has 0 bridgehead atoms. The standard InChI is InChI=1S/C17H30/c1-9-12-11-14(16(3,4)5)15(13(12)10-2)17(6,7)8/h11-12H,9-10H2,1-8H3. The van der Waals surface area contributed by atoms with Gasteiger partial charge in [0.15, 0.2) is 0 Å². The van der Waals surface area contributed by atoms with Gasteiger partial charge in [0, 0.05) is 0 Å². The van der Waals surface area contributed by atoms with Crippen molar-refractivity contribution in [1.29, 1.82) is 0 Å². The zero-order valence-electron chi connectivity index (χ0n) is 13.1. The van der Waals surface area contributed by atoms with E-state index in [2.05, 4.69) is 61.5 Å². The van der Waals surface area contributed by atoms with Gasteiger partial charge in [0.25, 0.3) is 0 Å². The van der Waals surface area contributed by atoms with Crippen molar-refractivity contribution in [1.82, 2.24) is 0 Å². The maximum absolute atomic E-state index is 2.54. The van der Waals surface area contributed by atoms with Crippen molar-refractivity contribution in [3.8, 4) is 0 Å². The van der Waals surface area contributed by atoms with Gasteiger partial charge in [0.2, 0.25) is 0 Å². The van der Waals surface area contributed by atoms with Crippen LogP contribution in [0, 0.1) is 16.7 Å². The molecule has 0 heteroatoms. The number of hydrogen-bond acceptors (Lipinski definition) is 0. The first-order valence-corrected chi connectivity index (χ1v) is 7.09. The van der Waals surface area contributed by atoms with Gasteiger partial charge in [0.1, 0.15) is 0 Å². The molecule has 0 nitrogen and oxygen atoms in total. The molecule has 0 saturated carbocycles. The smallest absolute Gasteiger partial charge is 0.00137 e. The summed E-state index contributed by atoms with van der Waals surface area (Å²) in [7, 11) is 0. The monoisotopic (exact) mass is 234 g/mol. The molecule has 0 aromatic carbocycles. The summed E-state index contributed by atoms with van der Waals surface area (Å²) in [5, 5.41) is 0. The van der Waals surface area contributed by atoms with Gasteiger partial charge in [-0.2, -0.15) is 0 Å². The predicted octanol–water partition coefficient (Wildman–Crippen LogP) is 5.75. The number of hydrogen-bond donors (Lipinski definition) is 0. The lowest BCUT2D eigenvalue weighted by atomic mass is 9.73. The fraction of sp³-hybridized carbons (Fsp3) is 0.765. The fourth-order valence-electron chi connectivity index (χ4n) is 3.06. The van der Waals surface area contributed by atoms with Crippen LogP contribution in [0.1, 0.15) is 68.2 Å². The van der Waals surface area contributed by atoms with Gasteiger partial charge >= 0.3 is 0 Å². The van der Waals surface area contributed by atoms with Crippen LogP contribution >= 0.6 is 0 Å². The Morgan fingerprint density at radius 1 is 0.941 bits per heavy atom. The third-order valence-electron chi connectivity index (χ3n) is 3.78. The molecule has 17 heavy (non-hydrogen) atoms. The first-order chi connectivity index (χ1) is 7.62. The lowest BCUT2D eigenvalue weighted by Gasteiger charge is -2.32. The number of allylic oxidation sites excluding steroid dienone is 4. The highest BCUT2D eigenvalue weighted by molar-refractivity contribution is 5.50. The largest absolute Gasteiger partial charge is 0.0733 e. The molecule has 0 radical (unpaired) electrons. The minimum Gasteiger partial charge on any atom is -0.0733 e.